The van der Waals surface area contributed by atoms with Gasteiger partial charge in [-0.3, -0.25) is 4.79 Å². The summed E-state index contributed by atoms with van der Waals surface area (Å²) in [5.41, 5.74) is 6.95. The van der Waals surface area contributed by atoms with Crippen molar-refractivity contribution in [3.8, 4) is 0 Å². The Morgan fingerprint density at radius 1 is 1.35 bits per heavy atom. The number of amides is 1. The van der Waals surface area contributed by atoms with Gasteiger partial charge in [0.05, 0.1) is 0 Å². The summed E-state index contributed by atoms with van der Waals surface area (Å²) >= 11 is 3.34. The van der Waals surface area contributed by atoms with E-state index in [9.17, 15) is 4.79 Å². The molecule has 1 amide bonds. The molecule has 0 radical (unpaired) electrons. The molecule has 1 rings (SSSR count). The van der Waals surface area contributed by atoms with Crippen LogP contribution >= 0.6 is 15.9 Å². The van der Waals surface area contributed by atoms with E-state index in [0.717, 1.165) is 30.3 Å². The van der Waals surface area contributed by atoms with E-state index in [1.807, 2.05) is 7.05 Å². The lowest BCUT2D eigenvalue weighted by Gasteiger charge is -2.17. The van der Waals surface area contributed by atoms with Crippen LogP contribution in [0.25, 0.3) is 0 Å². The molecule has 0 fully saturated rings. The number of anilines is 1. The summed E-state index contributed by atoms with van der Waals surface area (Å²) in [6.45, 7) is 2.94. The molecule has 0 spiro atoms. The lowest BCUT2D eigenvalue weighted by molar-refractivity contribution is 0.0792. The molecule has 17 heavy (non-hydrogen) atoms. The lowest BCUT2D eigenvalue weighted by Crippen LogP contribution is -2.27. The highest BCUT2D eigenvalue weighted by Gasteiger charge is 2.12. The Morgan fingerprint density at radius 2 is 2.06 bits per heavy atom. The molecule has 4 heteroatoms. The molecule has 0 aliphatic carbocycles. The molecule has 2 N–H and O–H groups in total. The van der Waals surface area contributed by atoms with Crippen LogP contribution in [0.4, 0.5) is 5.69 Å². The third-order valence-electron chi connectivity index (χ3n) is 2.61. The SMILES string of the molecule is CCCCCN(C)C(=O)c1cc(N)cc(Br)c1. The van der Waals surface area contributed by atoms with Gasteiger partial charge in [0.25, 0.3) is 5.91 Å². The Labute approximate surface area is 111 Å². The van der Waals surface area contributed by atoms with Crippen molar-refractivity contribution in [1.82, 2.24) is 4.90 Å². The van der Waals surface area contributed by atoms with E-state index in [0.29, 0.717) is 11.3 Å². The van der Waals surface area contributed by atoms with Gasteiger partial charge < -0.3 is 10.6 Å². The summed E-state index contributed by atoms with van der Waals surface area (Å²) in [4.78, 5) is 13.8. The summed E-state index contributed by atoms with van der Waals surface area (Å²) in [6, 6.07) is 5.30. The van der Waals surface area contributed by atoms with Crippen molar-refractivity contribution >= 4 is 27.5 Å². The maximum absolute atomic E-state index is 12.1. The van der Waals surface area contributed by atoms with Crippen LogP contribution in [0.3, 0.4) is 0 Å². The van der Waals surface area contributed by atoms with Crippen LogP contribution in [-0.2, 0) is 0 Å². The predicted molar refractivity (Wildman–Crippen MR) is 75.0 cm³/mol. The average molecular weight is 299 g/mol. The Morgan fingerprint density at radius 3 is 2.65 bits per heavy atom. The van der Waals surface area contributed by atoms with Gasteiger partial charge in [-0.2, -0.15) is 0 Å². The van der Waals surface area contributed by atoms with Crippen molar-refractivity contribution in [1.29, 1.82) is 0 Å². The molecule has 94 valence electrons. The van der Waals surface area contributed by atoms with Crippen LogP contribution in [0.15, 0.2) is 22.7 Å². The molecule has 1 aromatic rings. The van der Waals surface area contributed by atoms with Gasteiger partial charge in [0.2, 0.25) is 0 Å². The average Bonchev–Trinajstić information content (AvgIpc) is 2.27. The first-order chi connectivity index (χ1) is 8.04. The number of nitrogen functional groups attached to an aromatic ring is 1. The quantitative estimate of drug-likeness (QED) is 0.670. The van der Waals surface area contributed by atoms with Crippen LogP contribution in [0.1, 0.15) is 36.5 Å². The third kappa shape index (κ3) is 4.38. The number of nitrogens with two attached hydrogens (primary N) is 1. The highest BCUT2D eigenvalue weighted by atomic mass is 79.9. The summed E-state index contributed by atoms with van der Waals surface area (Å²) in [5, 5.41) is 0. The number of benzene rings is 1. The molecule has 1 aromatic carbocycles. The van der Waals surface area contributed by atoms with Gasteiger partial charge in [-0.1, -0.05) is 35.7 Å². The molecule has 3 nitrogen and oxygen atoms in total. The molecular weight excluding hydrogens is 280 g/mol. The van der Waals surface area contributed by atoms with Gasteiger partial charge in [-0.25, -0.2) is 0 Å². The zero-order valence-corrected chi connectivity index (χ0v) is 12.0. The Kier molecular flexibility index (Phi) is 5.48. The number of hydrogen-bond acceptors (Lipinski definition) is 2. The first-order valence-electron chi connectivity index (χ1n) is 5.86. The summed E-state index contributed by atoms with van der Waals surface area (Å²) in [6.07, 6.45) is 3.35. The van der Waals surface area contributed by atoms with Crippen molar-refractivity contribution in [3.63, 3.8) is 0 Å². The Bertz CT molecular complexity index is 373. The molecule has 0 saturated carbocycles. The number of rotatable bonds is 5. The van der Waals surface area contributed by atoms with E-state index in [2.05, 4.69) is 22.9 Å². The predicted octanol–water partition coefficient (Wildman–Crippen LogP) is 3.29. The number of nitrogens with zero attached hydrogens (tertiary/aromatic N) is 1. The highest BCUT2D eigenvalue weighted by Crippen LogP contribution is 2.18. The number of unbranched alkanes of at least 4 members (excludes halogenated alkanes) is 2. The second-order valence-corrected chi connectivity index (χ2v) is 5.12. The summed E-state index contributed by atoms with van der Waals surface area (Å²) in [7, 11) is 1.83. The zero-order valence-electron chi connectivity index (χ0n) is 10.4. The van der Waals surface area contributed by atoms with Gasteiger partial charge in [-0.15, -0.1) is 0 Å². The van der Waals surface area contributed by atoms with Gasteiger partial charge in [0.1, 0.15) is 0 Å². The van der Waals surface area contributed by atoms with Crippen molar-refractivity contribution in [2.45, 2.75) is 26.2 Å². The highest BCUT2D eigenvalue weighted by molar-refractivity contribution is 9.10. The van der Waals surface area contributed by atoms with E-state index in [1.165, 1.54) is 0 Å². The van der Waals surface area contributed by atoms with E-state index in [4.69, 9.17) is 5.73 Å². The van der Waals surface area contributed by atoms with Gasteiger partial charge in [0.15, 0.2) is 0 Å². The summed E-state index contributed by atoms with van der Waals surface area (Å²) < 4.78 is 0.836. The van der Waals surface area contributed by atoms with Crippen molar-refractivity contribution in [3.05, 3.63) is 28.2 Å². The van der Waals surface area contributed by atoms with Crippen LogP contribution in [0.5, 0.6) is 0 Å². The molecule has 0 aromatic heterocycles. The van der Waals surface area contributed by atoms with E-state index in [1.54, 1.807) is 23.1 Å². The standard InChI is InChI=1S/C13H19BrN2O/c1-3-4-5-6-16(2)13(17)10-7-11(14)9-12(15)8-10/h7-9H,3-6,15H2,1-2H3. The molecular formula is C13H19BrN2O. The topological polar surface area (TPSA) is 46.3 Å². The fourth-order valence-corrected chi connectivity index (χ4v) is 2.17. The third-order valence-corrected chi connectivity index (χ3v) is 3.07. The second kappa shape index (κ2) is 6.64. The van der Waals surface area contributed by atoms with Crippen molar-refractivity contribution < 1.29 is 4.79 Å². The number of carbonyl (C=O) groups excluding carboxylic acids is 1. The molecule has 0 saturated heterocycles. The zero-order chi connectivity index (χ0) is 12.8. The molecule has 0 heterocycles. The number of hydrogen-bond donors (Lipinski definition) is 1. The molecule has 0 atom stereocenters. The monoisotopic (exact) mass is 298 g/mol. The molecule has 0 unspecified atom stereocenters. The maximum Gasteiger partial charge on any atom is 0.253 e. The maximum atomic E-state index is 12.1. The van der Waals surface area contributed by atoms with E-state index in [-0.39, 0.29) is 5.91 Å². The fourth-order valence-electron chi connectivity index (χ4n) is 1.66. The molecule has 0 aliphatic heterocycles. The van der Waals surface area contributed by atoms with Crippen LogP contribution in [0.2, 0.25) is 0 Å². The van der Waals surface area contributed by atoms with Gasteiger partial charge >= 0.3 is 0 Å². The smallest absolute Gasteiger partial charge is 0.253 e. The summed E-state index contributed by atoms with van der Waals surface area (Å²) in [5.74, 6) is 0.0223. The second-order valence-electron chi connectivity index (χ2n) is 4.21. The lowest BCUT2D eigenvalue weighted by atomic mass is 10.1. The van der Waals surface area contributed by atoms with Gasteiger partial charge in [0, 0.05) is 29.3 Å². The molecule has 0 aliphatic rings. The van der Waals surface area contributed by atoms with Crippen LogP contribution < -0.4 is 5.73 Å². The Balaban J connectivity index is 2.68. The van der Waals surface area contributed by atoms with Crippen molar-refractivity contribution in [2.75, 3.05) is 19.3 Å². The minimum Gasteiger partial charge on any atom is -0.399 e. The van der Waals surface area contributed by atoms with Crippen molar-refractivity contribution in [2.24, 2.45) is 0 Å². The van der Waals surface area contributed by atoms with E-state index < -0.39 is 0 Å². The first kappa shape index (κ1) is 14.0. The fraction of sp³-hybridized carbons (Fsp3) is 0.462. The largest absolute Gasteiger partial charge is 0.399 e. The van der Waals surface area contributed by atoms with Crippen LogP contribution in [-0.4, -0.2) is 24.4 Å². The minimum absolute atomic E-state index is 0.0223. The minimum atomic E-state index is 0.0223. The van der Waals surface area contributed by atoms with Crippen LogP contribution in [0, 0.1) is 0 Å². The molecule has 0 bridgehead atoms. The van der Waals surface area contributed by atoms with E-state index >= 15 is 0 Å². The number of halogens is 1. The van der Waals surface area contributed by atoms with Gasteiger partial charge in [-0.05, 0) is 24.6 Å². The number of carbonyl (C=O) groups is 1. The normalized spacial score (nSPS) is 10.3. The Hall–Kier alpha value is -1.03. The first-order valence-corrected chi connectivity index (χ1v) is 6.65.